The van der Waals surface area contributed by atoms with Crippen molar-refractivity contribution >= 4 is 11.8 Å². The number of fused-ring (bicyclic) bond motifs is 1. The SMILES string of the molecule is CC(CO)C1CCC2C(CCC(=O)O)C(=O)CCC12C. The normalized spacial score (nSPS) is 38.5. The van der Waals surface area contributed by atoms with Gasteiger partial charge in [-0.1, -0.05) is 13.8 Å². The Morgan fingerprint density at radius 3 is 2.75 bits per heavy atom. The number of carbonyl (C=O) groups excluding carboxylic acids is 1. The number of aliphatic hydroxyl groups is 1. The Bertz CT molecular complexity index is 392. The number of aliphatic hydroxyl groups excluding tert-OH is 1. The van der Waals surface area contributed by atoms with Gasteiger partial charge in [-0.3, -0.25) is 9.59 Å². The van der Waals surface area contributed by atoms with Gasteiger partial charge in [0.1, 0.15) is 5.78 Å². The fourth-order valence-corrected chi connectivity index (χ4v) is 4.83. The van der Waals surface area contributed by atoms with E-state index in [1.807, 2.05) is 0 Å². The van der Waals surface area contributed by atoms with Gasteiger partial charge in [0, 0.05) is 25.4 Å². The van der Waals surface area contributed by atoms with Crippen LogP contribution in [0.5, 0.6) is 0 Å². The Labute approximate surface area is 120 Å². The molecule has 0 heterocycles. The van der Waals surface area contributed by atoms with Gasteiger partial charge in [0.05, 0.1) is 0 Å². The third-order valence-electron chi connectivity index (χ3n) is 5.94. The lowest BCUT2D eigenvalue weighted by Crippen LogP contribution is -2.43. The van der Waals surface area contributed by atoms with E-state index in [9.17, 15) is 14.7 Å². The zero-order valence-corrected chi connectivity index (χ0v) is 12.5. The maximum atomic E-state index is 12.2. The average molecular weight is 282 g/mol. The topological polar surface area (TPSA) is 74.6 Å². The number of ketones is 1. The van der Waals surface area contributed by atoms with E-state index in [-0.39, 0.29) is 36.1 Å². The van der Waals surface area contributed by atoms with Crippen LogP contribution in [-0.4, -0.2) is 28.6 Å². The van der Waals surface area contributed by atoms with Crippen LogP contribution in [0.15, 0.2) is 0 Å². The molecule has 2 rings (SSSR count). The van der Waals surface area contributed by atoms with Gasteiger partial charge in [-0.25, -0.2) is 0 Å². The molecular formula is C16H26O4. The molecule has 0 saturated heterocycles. The van der Waals surface area contributed by atoms with Crippen molar-refractivity contribution in [2.75, 3.05) is 6.61 Å². The van der Waals surface area contributed by atoms with Crippen molar-refractivity contribution in [2.45, 2.75) is 52.4 Å². The van der Waals surface area contributed by atoms with E-state index in [0.717, 1.165) is 19.3 Å². The number of hydrogen-bond acceptors (Lipinski definition) is 3. The molecule has 5 atom stereocenters. The van der Waals surface area contributed by atoms with Gasteiger partial charge in [0.25, 0.3) is 0 Å². The molecule has 2 fully saturated rings. The molecule has 4 nitrogen and oxygen atoms in total. The molecular weight excluding hydrogens is 256 g/mol. The molecule has 0 aromatic carbocycles. The molecule has 0 aliphatic heterocycles. The first-order valence-corrected chi connectivity index (χ1v) is 7.75. The van der Waals surface area contributed by atoms with Gasteiger partial charge in [0.2, 0.25) is 0 Å². The lowest BCUT2D eigenvalue weighted by Gasteiger charge is -2.45. The maximum absolute atomic E-state index is 12.2. The fourth-order valence-electron chi connectivity index (χ4n) is 4.83. The zero-order chi connectivity index (χ0) is 14.9. The van der Waals surface area contributed by atoms with Gasteiger partial charge in [-0.2, -0.15) is 0 Å². The summed E-state index contributed by atoms with van der Waals surface area (Å²) < 4.78 is 0. The van der Waals surface area contributed by atoms with E-state index >= 15 is 0 Å². The van der Waals surface area contributed by atoms with Crippen molar-refractivity contribution in [3.63, 3.8) is 0 Å². The minimum Gasteiger partial charge on any atom is -0.481 e. The van der Waals surface area contributed by atoms with E-state index in [4.69, 9.17) is 5.11 Å². The highest BCUT2D eigenvalue weighted by molar-refractivity contribution is 5.83. The Hall–Kier alpha value is -0.900. The van der Waals surface area contributed by atoms with Crippen LogP contribution in [-0.2, 0) is 9.59 Å². The van der Waals surface area contributed by atoms with E-state index in [0.29, 0.717) is 24.7 Å². The molecule has 0 amide bonds. The molecule has 0 aromatic heterocycles. The summed E-state index contributed by atoms with van der Waals surface area (Å²) in [6, 6.07) is 0. The summed E-state index contributed by atoms with van der Waals surface area (Å²) in [5.74, 6) is 0.383. The number of carboxylic acids is 1. The second kappa shape index (κ2) is 5.84. The minimum absolute atomic E-state index is 0.0826. The average Bonchev–Trinajstić information content (AvgIpc) is 2.75. The fraction of sp³-hybridized carbons (Fsp3) is 0.875. The van der Waals surface area contributed by atoms with Crippen LogP contribution in [0, 0.1) is 29.1 Å². The quantitative estimate of drug-likeness (QED) is 0.812. The van der Waals surface area contributed by atoms with E-state index in [1.54, 1.807) is 0 Å². The van der Waals surface area contributed by atoms with Gasteiger partial charge >= 0.3 is 5.97 Å². The Morgan fingerprint density at radius 1 is 1.45 bits per heavy atom. The molecule has 20 heavy (non-hydrogen) atoms. The summed E-state index contributed by atoms with van der Waals surface area (Å²) in [5.41, 5.74) is 0.0965. The van der Waals surface area contributed by atoms with Gasteiger partial charge < -0.3 is 10.2 Å². The van der Waals surface area contributed by atoms with Crippen LogP contribution in [0.2, 0.25) is 0 Å². The molecule has 114 valence electrons. The highest BCUT2D eigenvalue weighted by Gasteiger charge is 2.54. The Kier molecular flexibility index (Phi) is 4.52. The maximum Gasteiger partial charge on any atom is 0.303 e. The molecule has 2 aliphatic carbocycles. The molecule has 0 spiro atoms. The van der Waals surface area contributed by atoms with Crippen LogP contribution >= 0.6 is 0 Å². The monoisotopic (exact) mass is 282 g/mol. The summed E-state index contributed by atoms with van der Waals surface area (Å²) in [6.45, 7) is 4.53. The molecule has 4 heteroatoms. The van der Waals surface area contributed by atoms with Crippen LogP contribution in [0.3, 0.4) is 0 Å². The third-order valence-corrected chi connectivity index (χ3v) is 5.94. The standard InChI is InChI=1S/C16H26O4/c1-10(9-17)12-4-5-13-11(3-6-15(19)20)14(18)7-8-16(12,13)2/h10-13,17H,3-9H2,1-2H3,(H,19,20). The van der Waals surface area contributed by atoms with Crippen molar-refractivity contribution in [2.24, 2.45) is 29.1 Å². The molecule has 2 saturated carbocycles. The molecule has 0 aromatic rings. The summed E-state index contributed by atoms with van der Waals surface area (Å²) in [7, 11) is 0. The van der Waals surface area contributed by atoms with Gasteiger partial charge in [0.15, 0.2) is 0 Å². The number of rotatable bonds is 5. The van der Waals surface area contributed by atoms with Crippen molar-refractivity contribution in [3.8, 4) is 0 Å². The summed E-state index contributed by atoms with van der Waals surface area (Å²) in [5, 5.41) is 18.3. The molecule has 2 aliphatic rings. The molecule has 5 unspecified atom stereocenters. The van der Waals surface area contributed by atoms with Gasteiger partial charge in [-0.05, 0) is 48.9 Å². The highest BCUT2D eigenvalue weighted by atomic mass is 16.4. The second-order valence-electron chi connectivity index (χ2n) is 6.96. The first-order valence-electron chi connectivity index (χ1n) is 7.75. The summed E-state index contributed by atoms with van der Waals surface area (Å²) in [4.78, 5) is 23.0. The van der Waals surface area contributed by atoms with Gasteiger partial charge in [-0.15, -0.1) is 0 Å². The lowest BCUT2D eigenvalue weighted by molar-refractivity contribution is -0.139. The highest BCUT2D eigenvalue weighted by Crippen LogP contribution is 2.59. The largest absolute Gasteiger partial charge is 0.481 e. The number of carbonyl (C=O) groups is 2. The number of carboxylic acid groups (broad SMARTS) is 1. The second-order valence-corrected chi connectivity index (χ2v) is 6.96. The van der Waals surface area contributed by atoms with Crippen molar-refractivity contribution in [1.29, 1.82) is 0 Å². The molecule has 0 bridgehead atoms. The van der Waals surface area contributed by atoms with E-state index in [2.05, 4.69) is 13.8 Å². The minimum atomic E-state index is -0.816. The van der Waals surface area contributed by atoms with E-state index in [1.165, 1.54) is 0 Å². The summed E-state index contributed by atoms with van der Waals surface area (Å²) in [6.07, 6.45) is 4.10. The van der Waals surface area contributed by atoms with Crippen molar-refractivity contribution in [1.82, 2.24) is 0 Å². The smallest absolute Gasteiger partial charge is 0.303 e. The Balaban J connectivity index is 2.16. The number of hydrogen-bond donors (Lipinski definition) is 2. The zero-order valence-electron chi connectivity index (χ0n) is 12.5. The van der Waals surface area contributed by atoms with Crippen LogP contribution in [0.1, 0.15) is 52.4 Å². The van der Waals surface area contributed by atoms with Crippen LogP contribution in [0.25, 0.3) is 0 Å². The number of aliphatic carboxylic acids is 1. The van der Waals surface area contributed by atoms with Crippen molar-refractivity contribution in [3.05, 3.63) is 0 Å². The van der Waals surface area contributed by atoms with E-state index < -0.39 is 5.97 Å². The third kappa shape index (κ3) is 2.62. The predicted octanol–water partition coefficient (Wildman–Crippen LogP) is 2.49. The van der Waals surface area contributed by atoms with Crippen molar-refractivity contribution < 1.29 is 19.8 Å². The lowest BCUT2D eigenvalue weighted by atomic mass is 9.58. The molecule has 0 radical (unpaired) electrons. The first-order chi connectivity index (χ1) is 9.40. The predicted molar refractivity (Wildman–Crippen MR) is 75.2 cm³/mol. The van der Waals surface area contributed by atoms with Crippen LogP contribution in [0.4, 0.5) is 0 Å². The molecule has 2 N–H and O–H groups in total. The first kappa shape index (κ1) is 15.5. The van der Waals surface area contributed by atoms with Crippen LogP contribution < -0.4 is 0 Å². The summed E-state index contributed by atoms with van der Waals surface area (Å²) >= 11 is 0. The number of Topliss-reactive ketones (excluding diaryl/α,β-unsaturated/α-hetero) is 1. The Morgan fingerprint density at radius 2 is 2.15 bits per heavy atom.